The van der Waals surface area contributed by atoms with Gasteiger partial charge >= 0.3 is 0 Å². The van der Waals surface area contributed by atoms with E-state index in [2.05, 4.69) is 10.6 Å². The van der Waals surface area contributed by atoms with Gasteiger partial charge in [0.05, 0.1) is 0 Å². The van der Waals surface area contributed by atoms with E-state index in [9.17, 15) is 14.4 Å². The summed E-state index contributed by atoms with van der Waals surface area (Å²) in [6, 6.07) is 6.42. The Kier molecular flexibility index (Phi) is 8.11. The highest BCUT2D eigenvalue weighted by molar-refractivity contribution is 7.99. The number of nitrogens with one attached hydrogen (secondary N) is 2. The molecule has 0 saturated heterocycles. The van der Waals surface area contributed by atoms with Gasteiger partial charge in [-0.2, -0.15) is 0 Å². The van der Waals surface area contributed by atoms with E-state index in [1.54, 1.807) is 38.4 Å². The van der Waals surface area contributed by atoms with E-state index in [0.717, 1.165) is 0 Å². The fourth-order valence-electron chi connectivity index (χ4n) is 1.85. The number of benzene rings is 1. The van der Waals surface area contributed by atoms with E-state index in [0.29, 0.717) is 23.1 Å². The minimum absolute atomic E-state index is 0.131. The van der Waals surface area contributed by atoms with Gasteiger partial charge in [0, 0.05) is 39.4 Å². The zero-order valence-corrected chi connectivity index (χ0v) is 15.1. The van der Waals surface area contributed by atoms with Crippen LogP contribution in [0, 0.1) is 0 Å². The maximum absolute atomic E-state index is 12.0. The number of nitrogens with zero attached hydrogens (tertiary/aromatic N) is 1. The summed E-state index contributed by atoms with van der Waals surface area (Å²) in [5, 5.41) is 5.31. The second kappa shape index (κ2) is 9.82. The molecule has 8 heteroatoms. The molecule has 0 aliphatic rings. The molecule has 132 valence electrons. The molecule has 1 atom stereocenters. The lowest BCUT2D eigenvalue weighted by Gasteiger charge is -2.20. The van der Waals surface area contributed by atoms with Crippen molar-refractivity contribution in [2.45, 2.75) is 19.9 Å². The molecule has 1 aromatic rings. The van der Waals surface area contributed by atoms with Crippen molar-refractivity contribution >= 4 is 35.2 Å². The van der Waals surface area contributed by atoms with Gasteiger partial charge in [0.1, 0.15) is 17.7 Å². The lowest BCUT2D eigenvalue weighted by atomic mass is 10.3. The predicted octanol–water partition coefficient (Wildman–Crippen LogP) is 1.31. The van der Waals surface area contributed by atoms with Crippen LogP contribution in [0.2, 0.25) is 0 Å². The van der Waals surface area contributed by atoms with E-state index in [-0.39, 0.29) is 17.7 Å². The number of anilines is 1. The summed E-state index contributed by atoms with van der Waals surface area (Å²) in [5.41, 5.74) is 0.699. The molecule has 3 amide bonds. The zero-order chi connectivity index (χ0) is 18.1. The number of hydrogen-bond acceptors (Lipinski definition) is 5. The van der Waals surface area contributed by atoms with Crippen molar-refractivity contribution in [3.05, 3.63) is 24.3 Å². The van der Waals surface area contributed by atoms with Gasteiger partial charge in [-0.15, -0.1) is 11.8 Å². The number of carbonyl (C=O) groups excluding carboxylic acids is 3. The van der Waals surface area contributed by atoms with Gasteiger partial charge in [0.25, 0.3) is 0 Å². The van der Waals surface area contributed by atoms with Crippen molar-refractivity contribution in [2.75, 3.05) is 31.1 Å². The molecule has 24 heavy (non-hydrogen) atoms. The summed E-state index contributed by atoms with van der Waals surface area (Å²) in [6.45, 7) is 2.83. The number of carbonyl (C=O) groups is 3. The Labute approximate surface area is 146 Å². The van der Waals surface area contributed by atoms with E-state index in [1.165, 1.54) is 30.5 Å². The average Bonchev–Trinajstić information content (AvgIpc) is 2.50. The Bertz CT molecular complexity index is 575. The second-order valence-electron chi connectivity index (χ2n) is 5.32. The van der Waals surface area contributed by atoms with Crippen molar-refractivity contribution in [1.29, 1.82) is 0 Å². The lowest BCUT2D eigenvalue weighted by Crippen LogP contribution is -2.47. The Balaban J connectivity index is 2.43. The highest BCUT2D eigenvalue weighted by Gasteiger charge is 2.20. The monoisotopic (exact) mass is 353 g/mol. The van der Waals surface area contributed by atoms with Crippen LogP contribution < -0.4 is 15.4 Å². The van der Waals surface area contributed by atoms with Crippen LogP contribution in [0.5, 0.6) is 5.75 Å². The molecule has 0 aliphatic heterocycles. The molecule has 0 aliphatic carbocycles. The van der Waals surface area contributed by atoms with E-state index in [4.69, 9.17) is 4.74 Å². The Hall–Kier alpha value is -2.22. The molecule has 1 aromatic carbocycles. The standard InChI is InChI=1S/C16H23N3O4S/c1-11(20)17-13-5-7-14(8-6-13)23-10-24-9-15(18-12(2)21)16(22)19(3)4/h5-8,15H,9-10H2,1-4H3,(H,17,20)(H,18,21). The molecule has 0 spiro atoms. The van der Waals surface area contributed by atoms with Crippen LogP contribution in [0.4, 0.5) is 5.69 Å². The average molecular weight is 353 g/mol. The third-order valence-corrected chi connectivity index (χ3v) is 3.74. The van der Waals surface area contributed by atoms with Crippen LogP contribution in [0.25, 0.3) is 0 Å². The van der Waals surface area contributed by atoms with Gasteiger partial charge in [0.2, 0.25) is 17.7 Å². The quantitative estimate of drug-likeness (QED) is 0.543. The fraction of sp³-hybridized carbons (Fsp3) is 0.438. The van der Waals surface area contributed by atoms with Gasteiger partial charge in [0.15, 0.2) is 0 Å². The van der Waals surface area contributed by atoms with E-state index >= 15 is 0 Å². The molecule has 0 fully saturated rings. The van der Waals surface area contributed by atoms with Crippen LogP contribution in [0.15, 0.2) is 24.3 Å². The first-order valence-electron chi connectivity index (χ1n) is 7.36. The van der Waals surface area contributed by atoms with Crippen LogP contribution in [-0.2, 0) is 14.4 Å². The number of ether oxygens (including phenoxy) is 1. The first-order valence-corrected chi connectivity index (χ1v) is 8.51. The van der Waals surface area contributed by atoms with Crippen molar-refractivity contribution in [3.8, 4) is 5.75 Å². The smallest absolute Gasteiger partial charge is 0.245 e. The maximum Gasteiger partial charge on any atom is 0.245 e. The fourth-order valence-corrected chi connectivity index (χ4v) is 2.62. The molecule has 1 rings (SSSR count). The highest BCUT2D eigenvalue weighted by Crippen LogP contribution is 2.17. The first-order chi connectivity index (χ1) is 11.3. The normalized spacial score (nSPS) is 11.3. The molecule has 1 unspecified atom stereocenters. The Morgan fingerprint density at radius 3 is 2.25 bits per heavy atom. The van der Waals surface area contributed by atoms with Crippen LogP contribution >= 0.6 is 11.8 Å². The van der Waals surface area contributed by atoms with Crippen molar-refractivity contribution in [3.63, 3.8) is 0 Å². The molecule has 0 heterocycles. The summed E-state index contributed by atoms with van der Waals surface area (Å²) in [5.74, 6) is 0.889. The summed E-state index contributed by atoms with van der Waals surface area (Å²) in [6.07, 6.45) is 0. The van der Waals surface area contributed by atoms with E-state index < -0.39 is 6.04 Å². The third kappa shape index (κ3) is 7.36. The largest absolute Gasteiger partial charge is 0.483 e. The molecular weight excluding hydrogens is 330 g/mol. The molecule has 0 aromatic heterocycles. The SMILES string of the molecule is CC(=O)Nc1ccc(OCSCC(NC(C)=O)C(=O)N(C)C)cc1. The number of amides is 3. The van der Waals surface area contributed by atoms with Crippen molar-refractivity contribution in [1.82, 2.24) is 10.2 Å². The van der Waals surface area contributed by atoms with E-state index in [1.807, 2.05) is 0 Å². The van der Waals surface area contributed by atoms with Gasteiger partial charge in [-0.25, -0.2) is 0 Å². The van der Waals surface area contributed by atoms with Crippen molar-refractivity contribution in [2.24, 2.45) is 0 Å². The zero-order valence-electron chi connectivity index (χ0n) is 14.3. The summed E-state index contributed by atoms with van der Waals surface area (Å²) in [7, 11) is 3.30. The molecule has 0 radical (unpaired) electrons. The minimum Gasteiger partial charge on any atom is -0.483 e. The molecular formula is C16H23N3O4S. The van der Waals surface area contributed by atoms with Crippen LogP contribution in [0.3, 0.4) is 0 Å². The van der Waals surface area contributed by atoms with Gasteiger partial charge < -0.3 is 20.3 Å². The minimum atomic E-state index is -0.576. The first kappa shape index (κ1) is 19.8. The maximum atomic E-state index is 12.0. The van der Waals surface area contributed by atoms with Crippen LogP contribution in [0.1, 0.15) is 13.8 Å². The topological polar surface area (TPSA) is 87.7 Å². The predicted molar refractivity (Wildman–Crippen MR) is 95.0 cm³/mol. The molecule has 0 saturated carbocycles. The summed E-state index contributed by atoms with van der Waals surface area (Å²) >= 11 is 1.40. The summed E-state index contributed by atoms with van der Waals surface area (Å²) < 4.78 is 5.57. The third-order valence-electron chi connectivity index (χ3n) is 2.88. The molecule has 0 bridgehead atoms. The number of thioether (sulfide) groups is 1. The number of rotatable bonds is 8. The van der Waals surface area contributed by atoms with Crippen LogP contribution in [-0.4, -0.2) is 54.5 Å². The van der Waals surface area contributed by atoms with Crippen molar-refractivity contribution < 1.29 is 19.1 Å². The molecule has 2 N–H and O–H groups in total. The second-order valence-corrected chi connectivity index (χ2v) is 6.30. The highest BCUT2D eigenvalue weighted by atomic mass is 32.2. The summed E-state index contributed by atoms with van der Waals surface area (Å²) in [4.78, 5) is 35.6. The van der Waals surface area contributed by atoms with Gasteiger partial charge in [-0.3, -0.25) is 14.4 Å². The van der Waals surface area contributed by atoms with Gasteiger partial charge in [-0.05, 0) is 24.3 Å². The lowest BCUT2D eigenvalue weighted by molar-refractivity contribution is -0.133. The van der Waals surface area contributed by atoms with Gasteiger partial charge in [-0.1, -0.05) is 0 Å². The number of hydrogen-bond donors (Lipinski definition) is 2. The molecule has 7 nitrogen and oxygen atoms in total. The Morgan fingerprint density at radius 2 is 1.75 bits per heavy atom. The Morgan fingerprint density at radius 1 is 1.12 bits per heavy atom. The number of likely N-dealkylation sites (N-methyl/N-ethyl adjacent to an activating group) is 1.